The topological polar surface area (TPSA) is 98.1 Å². The van der Waals surface area contributed by atoms with E-state index in [1.54, 1.807) is 32.2 Å². The highest BCUT2D eigenvalue weighted by Crippen LogP contribution is 2.29. The number of methoxy groups -OCH3 is 1. The Balaban J connectivity index is 1.73. The van der Waals surface area contributed by atoms with E-state index in [9.17, 15) is 14.4 Å². The maximum atomic E-state index is 12.2. The van der Waals surface area contributed by atoms with Gasteiger partial charge in [-0.2, -0.15) is 0 Å². The molecule has 3 rings (SSSR count). The first-order valence-electron chi connectivity index (χ1n) is 7.33. The average Bonchev–Trinajstić information content (AvgIpc) is 3.16. The van der Waals surface area contributed by atoms with E-state index in [0.29, 0.717) is 23.4 Å². The number of fused-ring (bicyclic) bond motifs is 1. The number of carbonyl (C=O) groups excluding carboxylic acids is 3. The van der Waals surface area contributed by atoms with Gasteiger partial charge in [-0.3, -0.25) is 9.69 Å². The van der Waals surface area contributed by atoms with Crippen LogP contribution in [0.4, 0.5) is 4.79 Å². The first kappa shape index (κ1) is 15.9. The van der Waals surface area contributed by atoms with E-state index in [1.165, 1.54) is 0 Å². The molecule has 0 radical (unpaired) electrons. The van der Waals surface area contributed by atoms with Crippen LogP contribution in [0.3, 0.4) is 0 Å². The molecule has 0 atom stereocenters. The lowest BCUT2D eigenvalue weighted by Crippen LogP contribution is -2.37. The SMILES string of the molecule is COc1ccc2oc(C(=O)OCC(=O)N3CCNC3=O)c(C)c2c1. The number of carbonyl (C=O) groups is 3. The van der Waals surface area contributed by atoms with Crippen LogP contribution in [0.1, 0.15) is 16.1 Å². The van der Waals surface area contributed by atoms with Crippen LogP contribution in [0.2, 0.25) is 0 Å². The summed E-state index contributed by atoms with van der Waals surface area (Å²) in [5.74, 6) is -0.664. The van der Waals surface area contributed by atoms with Crippen molar-refractivity contribution in [2.45, 2.75) is 6.92 Å². The van der Waals surface area contributed by atoms with Crippen molar-refractivity contribution in [1.29, 1.82) is 0 Å². The number of hydrogen-bond acceptors (Lipinski definition) is 6. The Labute approximate surface area is 137 Å². The van der Waals surface area contributed by atoms with Gasteiger partial charge in [0.05, 0.1) is 7.11 Å². The van der Waals surface area contributed by atoms with E-state index in [4.69, 9.17) is 13.9 Å². The summed E-state index contributed by atoms with van der Waals surface area (Å²) in [6.45, 7) is 1.85. The zero-order chi connectivity index (χ0) is 17.3. The van der Waals surface area contributed by atoms with E-state index in [-0.39, 0.29) is 12.3 Å². The lowest BCUT2D eigenvalue weighted by Gasteiger charge is -2.11. The summed E-state index contributed by atoms with van der Waals surface area (Å²) >= 11 is 0. The quantitative estimate of drug-likeness (QED) is 0.851. The predicted molar refractivity (Wildman–Crippen MR) is 82.9 cm³/mol. The Bertz CT molecular complexity index is 825. The number of ether oxygens (including phenoxy) is 2. The number of furan rings is 1. The van der Waals surface area contributed by atoms with Gasteiger partial charge < -0.3 is 19.2 Å². The second-order valence-electron chi connectivity index (χ2n) is 5.27. The minimum atomic E-state index is -0.754. The van der Waals surface area contributed by atoms with Crippen LogP contribution in [0, 0.1) is 6.92 Å². The highest BCUT2D eigenvalue weighted by atomic mass is 16.5. The van der Waals surface area contributed by atoms with Crippen LogP contribution in [-0.2, 0) is 9.53 Å². The number of hydrogen-bond donors (Lipinski definition) is 1. The standard InChI is InChI=1S/C16H16N2O6/c1-9-11-7-10(22-2)3-4-12(11)24-14(9)15(20)23-8-13(19)18-6-5-17-16(18)21/h3-4,7H,5-6,8H2,1-2H3,(H,17,21). The number of amides is 3. The predicted octanol–water partition coefficient (Wildman–Crippen LogP) is 1.46. The van der Waals surface area contributed by atoms with Gasteiger partial charge in [0.2, 0.25) is 5.76 Å². The van der Waals surface area contributed by atoms with E-state index < -0.39 is 24.5 Å². The molecule has 1 saturated heterocycles. The van der Waals surface area contributed by atoms with Gasteiger partial charge in [0.15, 0.2) is 6.61 Å². The molecular weight excluding hydrogens is 316 g/mol. The van der Waals surface area contributed by atoms with Crippen molar-refractivity contribution in [3.05, 3.63) is 29.5 Å². The van der Waals surface area contributed by atoms with Crippen molar-refractivity contribution < 1.29 is 28.3 Å². The van der Waals surface area contributed by atoms with Crippen LogP contribution in [0.5, 0.6) is 5.75 Å². The lowest BCUT2D eigenvalue weighted by molar-refractivity contribution is -0.130. The molecular formula is C16H16N2O6. The fourth-order valence-corrected chi connectivity index (χ4v) is 2.50. The molecule has 126 valence electrons. The average molecular weight is 332 g/mol. The lowest BCUT2D eigenvalue weighted by atomic mass is 10.1. The second-order valence-corrected chi connectivity index (χ2v) is 5.27. The maximum absolute atomic E-state index is 12.2. The van der Waals surface area contributed by atoms with Crippen molar-refractivity contribution in [3.63, 3.8) is 0 Å². The minimum absolute atomic E-state index is 0.0249. The molecule has 0 unspecified atom stereocenters. The van der Waals surface area contributed by atoms with E-state index in [1.807, 2.05) is 0 Å². The number of aryl methyl sites for hydroxylation is 1. The van der Waals surface area contributed by atoms with E-state index in [0.717, 1.165) is 10.3 Å². The number of esters is 1. The molecule has 0 aliphatic carbocycles. The Morgan fingerprint density at radius 3 is 2.83 bits per heavy atom. The molecule has 1 aromatic heterocycles. The molecule has 8 heteroatoms. The van der Waals surface area contributed by atoms with Crippen LogP contribution in [-0.4, -0.2) is 49.6 Å². The van der Waals surface area contributed by atoms with Gasteiger partial charge in [-0.1, -0.05) is 0 Å². The fraction of sp³-hybridized carbons (Fsp3) is 0.312. The van der Waals surface area contributed by atoms with Crippen molar-refractivity contribution in [1.82, 2.24) is 10.2 Å². The summed E-state index contributed by atoms with van der Waals surface area (Å²) in [6, 6.07) is 4.68. The third-order valence-corrected chi connectivity index (χ3v) is 3.81. The van der Waals surface area contributed by atoms with Crippen molar-refractivity contribution in [3.8, 4) is 5.75 Å². The summed E-state index contributed by atoms with van der Waals surface area (Å²) in [5, 5.41) is 3.23. The van der Waals surface area contributed by atoms with Crippen molar-refractivity contribution in [2.24, 2.45) is 0 Å². The molecule has 0 bridgehead atoms. The third-order valence-electron chi connectivity index (χ3n) is 3.81. The molecule has 1 aliphatic heterocycles. The molecule has 8 nitrogen and oxygen atoms in total. The summed E-state index contributed by atoms with van der Waals surface area (Å²) in [4.78, 5) is 36.4. The molecule has 3 amide bonds. The van der Waals surface area contributed by atoms with E-state index >= 15 is 0 Å². The maximum Gasteiger partial charge on any atom is 0.375 e. The van der Waals surface area contributed by atoms with Crippen molar-refractivity contribution >= 4 is 28.9 Å². The van der Waals surface area contributed by atoms with Gasteiger partial charge in [0, 0.05) is 24.0 Å². The summed E-state index contributed by atoms with van der Waals surface area (Å²) in [5.41, 5.74) is 1.12. The molecule has 1 fully saturated rings. The molecule has 0 saturated carbocycles. The number of imide groups is 1. The zero-order valence-electron chi connectivity index (χ0n) is 13.3. The Morgan fingerprint density at radius 2 is 2.17 bits per heavy atom. The highest BCUT2D eigenvalue weighted by Gasteiger charge is 2.28. The Kier molecular flexibility index (Phi) is 4.11. The molecule has 0 spiro atoms. The van der Waals surface area contributed by atoms with Gasteiger partial charge in [0.25, 0.3) is 5.91 Å². The largest absolute Gasteiger partial charge is 0.497 e. The zero-order valence-corrected chi connectivity index (χ0v) is 13.3. The molecule has 1 aliphatic rings. The molecule has 24 heavy (non-hydrogen) atoms. The van der Waals surface area contributed by atoms with Crippen LogP contribution in [0.25, 0.3) is 11.0 Å². The fourth-order valence-electron chi connectivity index (χ4n) is 2.50. The minimum Gasteiger partial charge on any atom is -0.497 e. The summed E-state index contributed by atoms with van der Waals surface area (Å²) in [7, 11) is 1.55. The van der Waals surface area contributed by atoms with Crippen LogP contribution >= 0.6 is 0 Å². The number of nitrogens with one attached hydrogen (secondary N) is 1. The Hall–Kier alpha value is -3.03. The summed E-state index contributed by atoms with van der Waals surface area (Å²) < 4.78 is 15.6. The Morgan fingerprint density at radius 1 is 1.38 bits per heavy atom. The van der Waals surface area contributed by atoms with Gasteiger partial charge in [0.1, 0.15) is 11.3 Å². The van der Waals surface area contributed by atoms with Gasteiger partial charge >= 0.3 is 12.0 Å². The van der Waals surface area contributed by atoms with Crippen LogP contribution < -0.4 is 10.1 Å². The van der Waals surface area contributed by atoms with E-state index in [2.05, 4.69) is 5.32 Å². The smallest absolute Gasteiger partial charge is 0.375 e. The van der Waals surface area contributed by atoms with Crippen LogP contribution in [0.15, 0.2) is 22.6 Å². The first-order valence-corrected chi connectivity index (χ1v) is 7.33. The highest BCUT2D eigenvalue weighted by molar-refractivity contribution is 5.99. The van der Waals surface area contributed by atoms with Gasteiger partial charge in [-0.25, -0.2) is 9.59 Å². The first-order chi connectivity index (χ1) is 11.5. The molecule has 2 heterocycles. The monoisotopic (exact) mass is 332 g/mol. The number of rotatable bonds is 4. The number of benzene rings is 1. The molecule has 1 aromatic carbocycles. The van der Waals surface area contributed by atoms with Gasteiger partial charge in [-0.15, -0.1) is 0 Å². The molecule has 1 N–H and O–H groups in total. The summed E-state index contributed by atoms with van der Waals surface area (Å²) in [6.07, 6.45) is 0. The number of urea groups is 1. The third kappa shape index (κ3) is 2.78. The van der Waals surface area contributed by atoms with Crippen molar-refractivity contribution in [2.75, 3.05) is 26.8 Å². The normalized spacial score (nSPS) is 13.9. The second kappa shape index (κ2) is 6.23. The molecule has 2 aromatic rings. The number of nitrogens with zero attached hydrogens (tertiary/aromatic N) is 1. The van der Waals surface area contributed by atoms with Gasteiger partial charge in [-0.05, 0) is 25.1 Å².